The van der Waals surface area contributed by atoms with Crippen molar-refractivity contribution in [1.82, 2.24) is 10.1 Å². The SMILES string of the molecule is Cc1ccc(-c2noc(CC(O)CC(C)C)n2)cc1Br. The van der Waals surface area contributed by atoms with Crippen molar-refractivity contribution in [3.8, 4) is 11.4 Å². The summed E-state index contributed by atoms with van der Waals surface area (Å²) in [5.74, 6) is 1.47. The molecule has 0 fully saturated rings. The number of aliphatic hydroxyl groups is 1. The van der Waals surface area contributed by atoms with Gasteiger partial charge in [-0.25, -0.2) is 0 Å². The van der Waals surface area contributed by atoms with Gasteiger partial charge in [-0.15, -0.1) is 0 Å². The zero-order valence-corrected chi connectivity index (χ0v) is 13.5. The van der Waals surface area contributed by atoms with Crippen LogP contribution >= 0.6 is 15.9 Å². The number of benzene rings is 1. The lowest BCUT2D eigenvalue weighted by molar-refractivity contribution is 0.138. The first-order valence-corrected chi connectivity index (χ1v) is 7.52. The molecule has 1 atom stereocenters. The Labute approximate surface area is 127 Å². The topological polar surface area (TPSA) is 59.2 Å². The van der Waals surface area contributed by atoms with Gasteiger partial charge in [-0.2, -0.15) is 4.98 Å². The van der Waals surface area contributed by atoms with E-state index in [-0.39, 0.29) is 0 Å². The molecule has 0 aliphatic heterocycles. The Morgan fingerprint density at radius 3 is 2.75 bits per heavy atom. The van der Waals surface area contributed by atoms with Crippen molar-refractivity contribution >= 4 is 15.9 Å². The Morgan fingerprint density at radius 1 is 1.35 bits per heavy atom. The molecule has 2 aromatic rings. The lowest BCUT2D eigenvalue weighted by Gasteiger charge is -2.09. The monoisotopic (exact) mass is 338 g/mol. The normalized spacial score (nSPS) is 12.9. The highest BCUT2D eigenvalue weighted by molar-refractivity contribution is 9.10. The molecule has 0 aliphatic carbocycles. The highest BCUT2D eigenvalue weighted by Crippen LogP contribution is 2.24. The van der Waals surface area contributed by atoms with E-state index in [2.05, 4.69) is 39.9 Å². The van der Waals surface area contributed by atoms with Gasteiger partial charge in [0.1, 0.15) is 0 Å². The number of aliphatic hydroxyl groups excluding tert-OH is 1. The van der Waals surface area contributed by atoms with E-state index in [1.165, 1.54) is 0 Å². The molecule has 1 aromatic carbocycles. The second-order valence-electron chi connectivity index (χ2n) is 5.46. The van der Waals surface area contributed by atoms with Crippen molar-refractivity contribution in [1.29, 1.82) is 0 Å². The Bertz CT molecular complexity index is 581. The van der Waals surface area contributed by atoms with Gasteiger partial charge < -0.3 is 9.63 Å². The van der Waals surface area contributed by atoms with E-state index in [1.807, 2.05) is 25.1 Å². The van der Waals surface area contributed by atoms with Crippen LogP contribution < -0.4 is 0 Å². The Kier molecular flexibility index (Phi) is 4.94. The number of halogens is 1. The van der Waals surface area contributed by atoms with Crippen LogP contribution in [0.2, 0.25) is 0 Å². The average Bonchev–Trinajstić information content (AvgIpc) is 2.80. The van der Waals surface area contributed by atoms with E-state index in [4.69, 9.17) is 4.52 Å². The van der Waals surface area contributed by atoms with Gasteiger partial charge in [0.2, 0.25) is 11.7 Å². The molecule has 1 unspecified atom stereocenters. The number of aryl methyl sites for hydroxylation is 1. The maximum Gasteiger partial charge on any atom is 0.229 e. The Balaban J connectivity index is 2.10. The lowest BCUT2D eigenvalue weighted by atomic mass is 10.0. The third-order valence-electron chi connectivity index (χ3n) is 3.05. The van der Waals surface area contributed by atoms with Crippen molar-refractivity contribution < 1.29 is 9.63 Å². The van der Waals surface area contributed by atoms with Gasteiger partial charge in [0, 0.05) is 10.0 Å². The molecule has 1 N–H and O–H groups in total. The summed E-state index contributed by atoms with van der Waals surface area (Å²) in [7, 11) is 0. The van der Waals surface area contributed by atoms with Gasteiger partial charge in [-0.1, -0.05) is 47.1 Å². The molecule has 108 valence electrons. The van der Waals surface area contributed by atoms with Crippen LogP contribution in [0.5, 0.6) is 0 Å². The van der Waals surface area contributed by atoms with E-state index in [0.29, 0.717) is 24.1 Å². The van der Waals surface area contributed by atoms with Gasteiger partial charge in [0.15, 0.2) is 0 Å². The molecular weight excluding hydrogens is 320 g/mol. The van der Waals surface area contributed by atoms with Crippen molar-refractivity contribution in [2.24, 2.45) is 5.92 Å². The van der Waals surface area contributed by atoms with Crippen LogP contribution in [-0.4, -0.2) is 21.4 Å². The summed E-state index contributed by atoms with van der Waals surface area (Å²) in [5, 5.41) is 13.9. The number of hydrogen-bond acceptors (Lipinski definition) is 4. The number of hydrogen-bond donors (Lipinski definition) is 1. The van der Waals surface area contributed by atoms with Crippen LogP contribution in [0.1, 0.15) is 31.7 Å². The first kappa shape index (κ1) is 15.2. The van der Waals surface area contributed by atoms with Crippen molar-refractivity contribution in [3.05, 3.63) is 34.1 Å². The largest absolute Gasteiger partial charge is 0.393 e. The van der Waals surface area contributed by atoms with Crippen LogP contribution in [-0.2, 0) is 6.42 Å². The summed E-state index contributed by atoms with van der Waals surface area (Å²) in [6.07, 6.45) is 0.694. The molecule has 1 aromatic heterocycles. The van der Waals surface area contributed by atoms with Crippen LogP contribution in [0.25, 0.3) is 11.4 Å². The highest BCUT2D eigenvalue weighted by atomic mass is 79.9. The summed E-state index contributed by atoms with van der Waals surface area (Å²) in [5.41, 5.74) is 2.06. The van der Waals surface area contributed by atoms with E-state index in [1.54, 1.807) is 0 Å². The molecule has 2 rings (SSSR count). The van der Waals surface area contributed by atoms with Gasteiger partial charge in [0.25, 0.3) is 0 Å². The van der Waals surface area contributed by atoms with E-state index in [0.717, 1.165) is 22.0 Å². The zero-order valence-electron chi connectivity index (χ0n) is 11.9. The molecule has 1 heterocycles. The summed E-state index contributed by atoms with van der Waals surface area (Å²) in [4.78, 5) is 4.34. The van der Waals surface area contributed by atoms with Crippen LogP contribution in [0.4, 0.5) is 0 Å². The predicted octanol–water partition coefficient (Wildman–Crippen LogP) is 3.76. The number of nitrogens with zero attached hydrogens (tertiary/aromatic N) is 2. The minimum atomic E-state index is -0.437. The third-order valence-corrected chi connectivity index (χ3v) is 3.91. The molecule has 0 aliphatic rings. The number of rotatable bonds is 5. The van der Waals surface area contributed by atoms with Crippen molar-refractivity contribution in [3.63, 3.8) is 0 Å². The van der Waals surface area contributed by atoms with Crippen LogP contribution in [0, 0.1) is 12.8 Å². The second-order valence-corrected chi connectivity index (χ2v) is 6.32. The average molecular weight is 339 g/mol. The molecule has 0 saturated heterocycles. The fourth-order valence-corrected chi connectivity index (χ4v) is 2.39. The third kappa shape index (κ3) is 3.90. The van der Waals surface area contributed by atoms with Gasteiger partial charge in [-0.05, 0) is 30.9 Å². The van der Waals surface area contributed by atoms with Gasteiger partial charge in [0.05, 0.1) is 12.5 Å². The Morgan fingerprint density at radius 2 is 2.10 bits per heavy atom. The van der Waals surface area contributed by atoms with Gasteiger partial charge in [-0.3, -0.25) is 0 Å². The standard InChI is InChI=1S/C15H19BrN2O2/c1-9(2)6-12(19)8-14-17-15(18-20-14)11-5-4-10(3)13(16)7-11/h4-5,7,9,12,19H,6,8H2,1-3H3. The summed E-state index contributed by atoms with van der Waals surface area (Å²) < 4.78 is 6.22. The molecule has 0 spiro atoms. The maximum absolute atomic E-state index is 9.90. The summed E-state index contributed by atoms with van der Waals surface area (Å²) in [6, 6.07) is 5.93. The van der Waals surface area contributed by atoms with Gasteiger partial charge >= 0.3 is 0 Å². The zero-order chi connectivity index (χ0) is 14.7. The highest BCUT2D eigenvalue weighted by Gasteiger charge is 2.14. The van der Waals surface area contributed by atoms with Crippen LogP contribution in [0.15, 0.2) is 27.2 Å². The molecular formula is C15H19BrN2O2. The fourth-order valence-electron chi connectivity index (χ4n) is 2.02. The summed E-state index contributed by atoms with van der Waals surface area (Å²) >= 11 is 3.49. The van der Waals surface area contributed by atoms with Crippen molar-refractivity contribution in [2.75, 3.05) is 0 Å². The van der Waals surface area contributed by atoms with E-state index in [9.17, 15) is 5.11 Å². The van der Waals surface area contributed by atoms with Crippen LogP contribution in [0.3, 0.4) is 0 Å². The van der Waals surface area contributed by atoms with E-state index >= 15 is 0 Å². The minimum absolute atomic E-state index is 0.401. The second kappa shape index (κ2) is 6.50. The molecule has 0 bridgehead atoms. The molecule has 0 amide bonds. The molecule has 0 radical (unpaired) electrons. The first-order valence-electron chi connectivity index (χ1n) is 6.73. The summed E-state index contributed by atoms with van der Waals surface area (Å²) in [6.45, 7) is 6.18. The molecule has 20 heavy (non-hydrogen) atoms. The van der Waals surface area contributed by atoms with E-state index < -0.39 is 6.10 Å². The predicted molar refractivity (Wildman–Crippen MR) is 81.3 cm³/mol. The van der Waals surface area contributed by atoms with Crippen molar-refractivity contribution in [2.45, 2.75) is 39.7 Å². The fraction of sp³-hybridized carbons (Fsp3) is 0.467. The lowest BCUT2D eigenvalue weighted by Crippen LogP contribution is -2.13. The number of aromatic nitrogens is 2. The minimum Gasteiger partial charge on any atom is -0.393 e. The molecule has 4 nitrogen and oxygen atoms in total. The first-order chi connectivity index (χ1) is 9.45. The maximum atomic E-state index is 9.90. The molecule has 0 saturated carbocycles. The Hall–Kier alpha value is -1.20. The molecule has 5 heteroatoms. The smallest absolute Gasteiger partial charge is 0.229 e. The quantitative estimate of drug-likeness (QED) is 0.901.